The molecular weight excluding hydrogens is 518 g/mol. The fourth-order valence-electron chi connectivity index (χ4n) is 5.25. The first-order valence-electron chi connectivity index (χ1n) is 14.8. The van der Waals surface area contributed by atoms with E-state index in [0.29, 0.717) is 12.0 Å². The van der Waals surface area contributed by atoms with Crippen molar-refractivity contribution in [2.45, 2.75) is 116 Å². The van der Waals surface area contributed by atoms with E-state index in [0.717, 1.165) is 37.7 Å². The molecule has 0 bridgehead atoms. The Labute approximate surface area is 244 Å². The highest BCUT2D eigenvalue weighted by Gasteiger charge is 2.43. The lowest BCUT2D eigenvalue weighted by Crippen LogP contribution is -2.60. The number of alkyl carbamates (subject to hydrolysis) is 1. The maximum Gasteiger partial charge on any atom is 0.408 e. The Balaban J connectivity index is 2.08. The summed E-state index contributed by atoms with van der Waals surface area (Å²) >= 11 is 0. The van der Waals surface area contributed by atoms with Gasteiger partial charge in [0.05, 0.1) is 0 Å². The van der Waals surface area contributed by atoms with Gasteiger partial charge in [-0.15, -0.1) is 0 Å². The second-order valence-electron chi connectivity index (χ2n) is 12.6. The van der Waals surface area contributed by atoms with Crippen molar-refractivity contribution < 1.29 is 24.2 Å². The number of carbonyl (C=O) groups is 3. The van der Waals surface area contributed by atoms with Crippen LogP contribution in [0, 0.1) is 0 Å². The number of ether oxygens (including phenoxy) is 1. The molecule has 3 N–H and O–H groups in total. The molecule has 0 spiro atoms. The van der Waals surface area contributed by atoms with Crippen LogP contribution >= 0.6 is 0 Å². The van der Waals surface area contributed by atoms with E-state index in [4.69, 9.17) is 4.74 Å². The van der Waals surface area contributed by atoms with Crippen molar-refractivity contribution >= 4 is 17.9 Å². The molecule has 3 amide bonds. The maximum absolute atomic E-state index is 14.7. The van der Waals surface area contributed by atoms with Crippen LogP contribution in [-0.2, 0) is 20.7 Å². The normalized spacial score (nSPS) is 15.9. The number of phenols is 1. The van der Waals surface area contributed by atoms with E-state index < -0.39 is 35.2 Å². The van der Waals surface area contributed by atoms with Crippen molar-refractivity contribution in [1.82, 2.24) is 15.5 Å². The van der Waals surface area contributed by atoms with Gasteiger partial charge in [-0.2, -0.15) is 0 Å². The zero-order valence-corrected chi connectivity index (χ0v) is 25.4. The van der Waals surface area contributed by atoms with Crippen LogP contribution < -0.4 is 10.6 Å². The van der Waals surface area contributed by atoms with E-state index >= 15 is 0 Å². The Morgan fingerprint density at radius 1 is 0.976 bits per heavy atom. The summed E-state index contributed by atoms with van der Waals surface area (Å²) in [5.74, 6) is -0.695. The predicted octanol–water partition coefficient (Wildman–Crippen LogP) is 6.04. The number of nitrogens with one attached hydrogen (secondary N) is 2. The van der Waals surface area contributed by atoms with Crippen LogP contribution in [-0.4, -0.2) is 51.1 Å². The zero-order valence-electron chi connectivity index (χ0n) is 25.4. The third-order valence-electron chi connectivity index (χ3n) is 7.67. The van der Waals surface area contributed by atoms with Crippen LogP contribution in [0.5, 0.6) is 5.75 Å². The third-order valence-corrected chi connectivity index (χ3v) is 7.67. The van der Waals surface area contributed by atoms with Gasteiger partial charge in [0.1, 0.15) is 23.4 Å². The first-order chi connectivity index (χ1) is 19.3. The molecule has 8 heteroatoms. The highest BCUT2D eigenvalue weighted by atomic mass is 16.6. The molecular formula is C33H47N3O5. The molecule has 2 aromatic rings. The van der Waals surface area contributed by atoms with Crippen molar-refractivity contribution in [3.8, 4) is 5.75 Å². The number of aromatic hydroxyl groups is 1. The molecule has 41 heavy (non-hydrogen) atoms. The van der Waals surface area contributed by atoms with Crippen molar-refractivity contribution in [2.24, 2.45) is 0 Å². The summed E-state index contributed by atoms with van der Waals surface area (Å²) in [6.07, 6.45) is 5.07. The lowest BCUT2D eigenvalue weighted by atomic mass is 9.90. The number of amides is 3. The predicted molar refractivity (Wildman–Crippen MR) is 160 cm³/mol. The van der Waals surface area contributed by atoms with Crippen molar-refractivity contribution in [2.75, 3.05) is 0 Å². The molecule has 0 aliphatic heterocycles. The average molecular weight is 566 g/mol. The number of carbonyl (C=O) groups excluding carboxylic acids is 3. The molecule has 0 saturated heterocycles. The summed E-state index contributed by atoms with van der Waals surface area (Å²) in [6.45, 7) is 11.1. The second-order valence-corrected chi connectivity index (χ2v) is 12.6. The lowest BCUT2D eigenvalue weighted by molar-refractivity contribution is -0.149. The molecule has 1 aliphatic rings. The Morgan fingerprint density at radius 3 is 2.22 bits per heavy atom. The molecule has 0 radical (unpaired) electrons. The highest BCUT2D eigenvalue weighted by molar-refractivity contribution is 5.93. The SMILES string of the molecule is CCC(C)(C)N(C(=O)C(Cc1ccccc1)NC(=O)OC(C)(C)C)C(C(=O)NC1CCCCC1)c1cccc(O)c1. The Kier molecular flexibility index (Phi) is 10.8. The molecule has 224 valence electrons. The topological polar surface area (TPSA) is 108 Å². The van der Waals surface area contributed by atoms with Gasteiger partial charge >= 0.3 is 6.09 Å². The summed E-state index contributed by atoms with van der Waals surface area (Å²) in [6, 6.07) is 14.0. The molecule has 2 atom stereocenters. The molecule has 0 heterocycles. The van der Waals surface area contributed by atoms with Gasteiger partial charge in [0.25, 0.3) is 0 Å². The smallest absolute Gasteiger partial charge is 0.408 e. The van der Waals surface area contributed by atoms with Crippen LogP contribution in [0.3, 0.4) is 0 Å². The van der Waals surface area contributed by atoms with Crippen molar-refractivity contribution in [3.05, 3.63) is 65.7 Å². The molecule has 0 aromatic heterocycles. The van der Waals surface area contributed by atoms with Crippen LogP contribution in [0.15, 0.2) is 54.6 Å². The molecule has 1 saturated carbocycles. The minimum Gasteiger partial charge on any atom is -0.508 e. The number of phenolic OH excluding ortho intramolecular Hbond substituents is 1. The summed E-state index contributed by atoms with van der Waals surface area (Å²) in [5.41, 5.74) is -0.168. The van der Waals surface area contributed by atoms with E-state index in [-0.39, 0.29) is 24.1 Å². The lowest BCUT2D eigenvalue weighted by Gasteiger charge is -2.45. The number of benzene rings is 2. The van der Waals surface area contributed by atoms with Crippen LogP contribution in [0.1, 0.15) is 97.2 Å². The van der Waals surface area contributed by atoms with Gasteiger partial charge in [0, 0.05) is 18.0 Å². The quantitative estimate of drug-likeness (QED) is 0.326. The fourth-order valence-corrected chi connectivity index (χ4v) is 5.25. The van der Waals surface area contributed by atoms with Gasteiger partial charge < -0.3 is 25.4 Å². The summed E-state index contributed by atoms with van der Waals surface area (Å²) < 4.78 is 5.52. The first kappa shape index (κ1) is 32.0. The summed E-state index contributed by atoms with van der Waals surface area (Å²) in [7, 11) is 0. The first-order valence-corrected chi connectivity index (χ1v) is 14.8. The van der Waals surface area contributed by atoms with E-state index in [2.05, 4.69) is 10.6 Å². The van der Waals surface area contributed by atoms with E-state index in [9.17, 15) is 19.5 Å². The second kappa shape index (κ2) is 13.9. The maximum atomic E-state index is 14.7. The van der Waals surface area contributed by atoms with Crippen molar-refractivity contribution in [3.63, 3.8) is 0 Å². The highest BCUT2D eigenvalue weighted by Crippen LogP contribution is 2.34. The van der Waals surface area contributed by atoms with Gasteiger partial charge in [-0.25, -0.2) is 4.79 Å². The Bertz CT molecular complexity index is 1170. The van der Waals surface area contributed by atoms with Crippen LogP contribution in [0.4, 0.5) is 4.79 Å². The minimum atomic E-state index is -1.02. The average Bonchev–Trinajstić information content (AvgIpc) is 2.91. The molecule has 2 unspecified atom stereocenters. The monoisotopic (exact) mass is 565 g/mol. The standard InChI is InChI=1S/C33H47N3O5/c1-7-33(5,6)36(28(24-17-14-20-26(37)22-24)29(38)34-25-18-12-9-13-19-25)30(39)27(21-23-15-10-8-11-16-23)35-31(40)41-32(2,3)4/h8,10-11,14-17,20,22,25,27-28,37H,7,9,12-13,18-19,21H2,1-6H3,(H,34,38)(H,35,40). The third kappa shape index (κ3) is 9.23. The van der Waals surface area contributed by atoms with Gasteiger partial charge in [-0.05, 0) is 77.1 Å². The molecule has 1 fully saturated rings. The van der Waals surface area contributed by atoms with E-state index in [1.54, 1.807) is 43.9 Å². The van der Waals surface area contributed by atoms with Crippen LogP contribution in [0.2, 0.25) is 0 Å². The van der Waals surface area contributed by atoms with Gasteiger partial charge in [-0.3, -0.25) is 9.59 Å². The van der Waals surface area contributed by atoms with Gasteiger partial charge in [0.15, 0.2) is 0 Å². The van der Waals surface area contributed by atoms with Gasteiger partial charge in [0.2, 0.25) is 11.8 Å². The molecule has 3 rings (SSSR count). The summed E-state index contributed by atoms with van der Waals surface area (Å²) in [5, 5.41) is 16.4. The number of hydrogen-bond acceptors (Lipinski definition) is 5. The minimum absolute atomic E-state index is 0.00684. The zero-order chi connectivity index (χ0) is 30.2. The van der Waals surface area contributed by atoms with Crippen molar-refractivity contribution in [1.29, 1.82) is 0 Å². The Hall–Kier alpha value is -3.55. The largest absolute Gasteiger partial charge is 0.508 e. The van der Waals surface area contributed by atoms with E-state index in [1.807, 2.05) is 51.1 Å². The molecule has 1 aliphatic carbocycles. The molecule has 8 nitrogen and oxygen atoms in total. The number of nitrogens with zero attached hydrogens (tertiary/aromatic N) is 1. The van der Waals surface area contributed by atoms with Gasteiger partial charge in [-0.1, -0.05) is 68.7 Å². The Morgan fingerprint density at radius 2 is 1.63 bits per heavy atom. The molecule has 2 aromatic carbocycles. The van der Waals surface area contributed by atoms with E-state index in [1.165, 1.54) is 6.07 Å². The number of hydrogen-bond donors (Lipinski definition) is 3. The van der Waals surface area contributed by atoms with Crippen LogP contribution in [0.25, 0.3) is 0 Å². The summed E-state index contributed by atoms with van der Waals surface area (Å²) in [4.78, 5) is 43.3. The number of rotatable bonds is 10. The fraction of sp³-hybridized carbons (Fsp3) is 0.545.